The quantitative estimate of drug-likeness (QED) is 0.0371. The molecule has 550 valence electrons. The van der Waals surface area contributed by atoms with Gasteiger partial charge < -0.3 is 81.9 Å². The van der Waals surface area contributed by atoms with E-state index < -0.39 is 30.3 Å². The molecule has 13 rings (SSSR count). The number of nitrogens with two attached hydrogens (primary N) is 4. The summed E-state index contributed by atoms with van der Waals surface area (Å²) in [6.45, 7) is 3.81. The highest BCUT2D eigenvalue weighted by molar-refractivity contribution is 6.45. The van der Waals surface area contributed by atoms with E-state index in [4.69, 9.17) is 135 Å². The summed E-state index contributed by atoms with van der Waals surface area (Å²) in [5, 5.41) is 75.2. The Bertz CT molecular complexity index is 4490. The van der Waals surface area contributed by atoms with E-state index in [2.05, 4.69) is 60.7 Å². The summed E-state index contributed by atoms with van der Waals surface area (Å²) in [7, 11) is 2.82. The number of aliphatic hydroxyl groups excluding tert-OH is 4. The normalized spacial score (nSPS) is 18.7. The van der Waals surface area contributed by atoms with Crippen LogP contribution in [0.5, 0.6) is 0 Å². The average Bonchev–Trinajstić information content (AvgIpc) is 1.42. The summed E-state index contributed by atoms with van der Waals surface area (Å²) in [5.41, 5.74) is 28.3. The highest BCUT2D eigenvalue weighted by Crippen LogP contribution is 2.40. The van der Waals surface area contributed by atoms with Gasteiger partial charge in [-0.25, -0.2) is 9.18 Å². The number of nitrogen functional groups attached to an aromatic ring is 4. The van der Waals surface area contributed by atoms with Crippen LogP contribution in [0.3, 0.4) is 0 Å². The molecule has 8 heterocycles. The van der Waals surface area contributed by atoms with E-state index in [0.717, 1.165) is 6.42 Å². The van der Waals surface area contributed by atoms with Crippen LogP contribution >= 0.6 is 92.8 Å². The number of hydrogen-bond donors (Lipinski definition) is 8. The van der Waals surface area contributed by atoms with Crippen LogP contribution in [0.1, 0.15) is 31.2 Å². The second-order valence-corrected chi connectivity index (χ2v) is 27.0. The third-order valence-electron chi connectivity index (χ3n) is 16.6. The first-order valence-corrected chi connectivity index (χ1v) is 35.0. The number of carbonyl (C=O) groups is 1. The van der Waals surface area contributed by atoms with E-state index in [0.29, 0.717) is 143 Å². The number of aliphatic hydroxyl groups is 4. The molecule has 0 radical (unpaired) electrons. The Morgan fingerprint density at radius 2 is 0.942 bits per heavy atom. The minimum absolute atomic E-state index is 0.0246. The SMILES string of the molecule is COC(=O)[C@@H]1C[C@@H](O)CN1c1nnc(-c2cccc(Cl)c2Cl)c(N)n1.COC[C@@H](O)CO[C@H]1CCN(c2nnc(-c3cccc(Cl)c3Cl)c(N)n2)C1.Nc1nc(N2CC[C@H](O)C2)nnc1-c1cccc(Cl)c1Cl.Nc1nc(N2C[C@H](O)C[C@H]2COCc2ccccc2F)nnc1-c1cccc(Cl)c1Cl. The number of benzene rings is 5. The summed E-state index contributed by atoms with van der Waals surface area (Å²) in [6.07, 6.45) is -0.138. The van der Waals surface area contributed by atoms with E-state index in [1.807, 2.05) is 9.80 Å². The summed E-state index contributed by atoms with van der Waals surface area (Å²) in [5.74, 6) is 1.11. The maximum absolute atomic E-state index is 13.8. The number of anilines is 8. The van der Waals surface area contributed by atoms with Crippen molar-refractivity contribution in [3.05, 3.63) is 149 Å². The third kappa shape index (κ3) is 19.3. The highest BCUT2D eigenvalue weighted by Gasteiger charge is 2.39. The molecule has 0 unspecified atom stereocenters. The topological polar surface area (TPSA) is 407 Å². The van der Waals surface area contributed by atoms with Crippen molar-refractivity contribution in [3.8, 4) is 45.0 Å². The van der Waals surface area contributed by atoms with Crippen molar-refractivity contribution in [2.75, 3.05) is 116 Å². The molecule has 4 aliphatic rings. The van der Waals surface area contributed by atoms with Gasteiger partial charge in [-0.15, -0.1) is 40.8 Å². The van der Waals surface area contributed by atoms with Gasteiger partial charge in [0.15, 0.2) is 23.3 Å². The Morgan fingerprint density at radius 1 is 0.519 bits per heavy atom. The smallest absolute Gasteiger partial charge is 0.328 e. The lowest BCUT2D eigenvalue weighted by molar-refractivity contribution is -0.142. The molecule has 38 heteroatoms. The second-order valence-electron chi connectivity index (χ2n) is 23.9. The fourth-order valence-electron chi connectivity index (χ4n) is 11.4. The monoisotopic (exact) mass is 1580 g/mol. The van der Waals surface area contributed by atoms with E-state index in [1.165, 1.54) is 25.2 Å². The first-order valence-electron chi connectivity index (χ1n) is 31.9. The number of methoxy groups -OCH3 is 2. The van der Waals surface area contributed by atoms with Gasteiger partial charge in [0, 0.05) is 80.6 Å². The molecule has 4 saturated heterocycles. The maximum atomic E-state index is 13.8. The van der Waals surface area contributed by atoms with Crippen LogP contribution in [0.15, 0.2) is 97.1 Å². The second kappa shape index (κ2) is 36.3. The van der Waals surface area contributed by atoms with Gasteiger partial charge in [-0.2, -0.15) is 19.9 Å². The van der Waals surface area contributed by atoms with Gasteiger partial charge in [0.2, 0.25) is 23.8 Å². The molecular weight excluding hydrogens is 1520 g/mol. The molecule has 4 aromatic heterocycles. The lowest BCUT2D eigenvalue weighted by atomic mass is 10.1. The first-order chi connectivity index (χ1) is 49.9. The number of nitrogens with zero attached hydrogens (tertiary/aromatic N) is 16. The number of esters is 1. The number of β-amino-alcohol motifs (C(OH)–C–C–N with tert-alkyl or cyclic N) is 3. The number of aromatic nitrogens is 12. The van der Waals surface area contributed by atoms with Gasteiger partial charge in [-0.05, 0) is 49.6 Å². The van der Waals surface area contributed by atoms with Crippen LogP contribution in [-0.2, 0) is 30.3 Å². The van der Waals surface area contributed by atoms with Gasteiger partial charge in [-0.1, -0.05) is 160 Å². The van der Waals surface area contributed by atoms with Crippen LogP contribution in [0.4, 0.5) is 51.5 Å². The van der Waals surface area contributed by atoms with Crippen molar-refractivity contribution >= 4 is 146 Å². The molecule has 29 nitrogen and oxygen atoms in total. The Labute approximate surface area is 635 Å². The van der Waals surface area contributed by atoms with Crippen LogP contribution in [0, 0.1) is 5.82 Å². The van der Waals surface area contributed by atoms with Crippen LogP contribution in [0.2, 0.25) is 40.2 Å². The predicted octanol–water partition coefficient (Wildman–Crippen LogP) is 9.29. The summed E-state index contributed by atoms with van der Waals surface area (Å²) in [4.78, 5) is 36.2. The lowest BCUT2D eigenvalue weighted by Crippen LogP contribution is -2.38. The standard InChI is InChI=1S/C21H20Cl2FN5O2.C17H21Cl2N5O3.C15H15Cl2N5O3.C13H13Cl2N5O/c22-16-6-3-5-15(18(16)23)19-20(25)26-21(28-27-19)29-9-14(30)8-13(29)11-31-10-12-4-1-2-7-17(12)24;1-26-8-10(25)9-27-11-5-6-24(7-11)17-21-16(20)15(22-23-17)12-3-2-4-13(18)14(12)19;1-25-14(24)10-5-7(23)6-22(10)15-19-13(18)12(20-21-15)8-3-2-4-9(16)11(8)17;14-9-3-1-2-8(10(9)15)11-12(16)17-13(19-18-11)20-5-4-7(21)6-20/h1-7,13-14,30H,8-11H2,(H2,25,26,28);2-4,10-11,25H,5-9H2,1H3,(H2,20,21,23);2-4,7,10,23H,5-6H2,1H3,(H2,18,19,21);1-3,7,21H,4-6H2,(H2,16,17,19)/t13-,14+;10-,11+;7-,10+;7-/m0110/s1. The minimum Gasteiger partial charge on any atom is -0.467 e. The molecule has 5 aromatic carbocycles. The van der Waals surface area contributed by atoms with Crippen molar-refractivity contribution < 1.29 is 48.6 Å². The van der Waals surface area contributed by atoms with Gasteiger partial charge in [0.25, 0.3) is 0 Å². The van der Waals surface area contributed by atoms with E-state index >= 15 is 0 Å². The summed E-state index contributed by atoms with van der Waals surface area (Å²) >= 11 is 48.9. The molecule has 12 N–H and O–H groups in total. The zero-order valence-corrected chi connectivity index (χ0v) is 61.4. The number of carbonyl (C=O) groups excluding carboxylic acids is 1. The Morgan fingerprint density at radius 3 is 1.38 bits per heavy atom. The highest BCUT2D eigenvalue weighted by atomic mass is 35.5. The average molecular weight is 1590 g/mol. The van der Waals surface area contributed by atoms with E-state index in [-0.39, 0.29) is 104 Å². The molecular formula is C66H69Cl8FN20O9. The predicted molar refractivity (Wildman–Crippen MR) is 398 cm³/mol. The molecule has 9 aromatic rings. The molecule has 0 spiro atoms. The maximum Gasteiger partial charge on any atom is 0.328 e. The van der Waals surface area contributed by atoms with Crippen molar-refractivity contribution in [2.24, 2.45) is 0 Å². The third-order valence-corrected chi connectivity index (χ3v) is 19.9. The number of halogens is 9. The minimum atomic E-state index is -0.698. The summed E-state index contributed by atoms with van der Waals surface area (Å²) < 4.78 is 34.8. The Kier molecular flexibility index (Phi) is 27.4. The first kappa shape index (κ1) is 78.6. The largest absolute Gasteiger partial charge is 0.467 e. The molecule has 7 atom stereocenters. The number of rotatable bonds is 18. The van der Waals surface area contributed by atoms with E-state index in [9.17, 15) is 29.6 Å². The molecule has 0 bridgehead atoms. The van der Waals surface area contributed by atoms with Gasteiger partial charge >= 0.3 is 5.97 Å². The van der Waals surface area contributed by atoms with Gasteiger partial charge in [0.05, 0.1) is 104 Å². The zero-order valence-electron chi connectivity index (χ0n) is 55.4. The molecule has 4 fully saturated rings. The van der Waals surface area contributed by atoms with Gasteiger partial charge in [-0.3, -0.25) is 0 Å². The molecule has 0 saturated carbocycles. The van der Waals surface area contributed by atoms with E-state index in [1.54, 1.807) is 95.9 Å². The fraction of sp³-hybridized carbons (Fsp3) is 0.348. The molecule has 4 aliphatic heterocycles. The van der Waals surface area contributed by atoms with Crippen molar-refractivity contribution in [3.63, 3.8) is 0 Å². The zero-order chi connectivity index (χ0) is 74.5. The molecule has 104 heavy (non-hydrogen) atoms. The Balaban J connectivity index is 0.000000150. The molecule has 0 aliphatic carbocycles. The van der Waals surface area contributed by atoms with Gasteiger partial charge in [0.1, 0.15) is 40.7 Å². The number of hydrogen-bond acceptors (Lipinski definition) is 29. The lowest BCUT2D eigenvalue weighted by Gasteiger charge is -2.24. The summed E-state index contributed by atoms with van der Waals surface area (Å²) in [6, 6.07) is 26.1. The van der Waals surface area contributed by atoms with Crippen LogP contribution < -0.4 is 42.5 Å². The van der Waals surface area contributed by atoms with Crippen molar-refractivity contribution in [1.29, 1.82) is 0 Å². The number of ether oxygens (including phenoxy) is 4. The van der Waals surface area contributed by atoms with Crippen LogP contribution in [-0.4, -0.2) is 203 Å². The van der Waals surface area contributed by atoms with Crippen molar-refractivity contribution in [1.82, 2.24) is 60.7 Å². The fourth-order valence-corrected chi connectivity index (χ4v) is 13.0. The Hall–Kier alpha value is -8.02. The van der Waals surface area contributed by atoms with Crippen molar-refractivity contribution in [2.45, 2.75) is 74.9 Å². The molecule has 0 amide bonds. The van der Waals surface area contributed by atoms with Crippen LogP contribution in [0.25, 0.3) is 45.0 Å².